The van der Waals surface area contributed by atoms with Crippen molar-refractivity contribution >= 4 is 44.6 Å². The molecule has 0 spiro atoms. The molecule has 9 heteroatoms. The summed E-state index contributed by atoms with van der Waals surface area (Å²) in [5, 5.41) is 5.25. The highest BCUT2D eigenvalue weighted by atomic mass is 79.9. The number of hydrogen-bond acceptors (Lipinski definition) is 5. The Morgan fingerprint density at radius 3 is 2.62 bits per heavy atom. The minimum absolute atomic E-state index is 0.119. The molecule has 4 rings (SSSR count). The minimum atomic E-state index is -0.444. The smallest absolute Gasteiger partial charge is 0.282 e. The molecule has 3 aromatic carbocycles. The third kappa shape index (κ3) is 6.19. The number of rotatable bonds is 7. The van der Waals surface area contributed by atoms with Crippen molar-refractivity contribution in [2.24, 2.45) is 5.10 Å². The molecule has 0 N–H and O–H groups in total. The van der Waals surface area contributed by atoms with E-state index in [1.165, 1.54) is 23.0 Å². The molecular formula is C28H26BrClFN3O3. The lowest BCUT2D eigenvalue weighted by Gasteiger charge is -2.21. The Kier molecular flexibility index (Phi) is 7.99. The molecule has 0 aliphatic rings. The van der Waals surface area contributed by atoms with Gasteiger partial charge in [0.2, 0.25) is 0 Å². The highest BCUT2D eigenvalue weighted by Gasteiger charge is 2.23. The highest BCUT2D eigenvalue weighted by Crippen LogP contribution is 2.37. The largest absolute Gasteiger partial charge is 0.490 e. The number of hydrogen-bond donors (Lipinski definition) is 0. The van der Waals surface area contributed by atoms with Gasteiger partial charge in [-0.1, -0.05) is 60.4 Å². The summed E-state index contributed by atoms with van der Waals surface area (Å²) in [6, 6.07) is 14.9. The Morgan fingerprint density at radius 2 is 1.92 bits per heavy atom. The van der Waals surface area contributed by atoms with Gasteiger partial charge >= 0.3 is 0 Å². The van der Waals surface area contributed by atoms with Crippen LogP contribution >= 0.6 is 27.5 Å². The summed E-state index contributed by atoms with van der Waals surface area (Å²) in [4.78, 5) is 18.1. The van der Waals surface area contributed by atoms with Gasteiger partial charge in [0, 0.05) is 9.89 Å². The van der Waals surface area contributed by atoms with Crippen LogP contribution in [0.4, 0.5) is 4.39 Å². The van der Waals surface area contributed by atoms with E-state index in [1.54, 1.807) is 36.4 Å². The van der Waals surface area contributed by atoms with Crippen LogP contribution in [0, 0.1) is 5.82 Å². The van der Waals surface area contributed by atoms with Crippen molar-refractivity contribution < 1.29 is 13.9 Å². The lowest BCUT2D eigenvalue weighted by molar-refractivity contribution is 0.269. The van der Waals surface area contributed by atoms with Gasteiger partial charge in [-0.25, -0.2) is 9.37 Å². The molecule has 4 aromatic rings. The molecule has 0 radical (unpaired) electrons. The van der Waals surface area contributed by atoms with Crippen molar-refractivity contribution in [3.05, 3.63) is 97.2 Å². The summed E-state index contributed by atoms with van der Waals surface area (Å²) < 4.78 is 27.3. The maximum atomic E-state index is 13.5. The third-order valence-corrected chi connectivity index (χ3v) is 6.18. The zero-order valence-corrected chi connectivity index (χ0v) is 23.2. The van der Waals surface area contributed by atoms with Crippen LogP contribution in [0.1, 0.15) is 44.6 Å². The van der Waals surface area contributed by atoms with Crippen LogP contribution in [0.15, 0.2) is 69.0 Å². The molecule has 0 aliphatic heterocycles. The molecule has 0 saturated carbocycles. The average Bonchev–Trinajstić information content (AvgIpc) is 2.83. The van der Waals surface area contributed by atoms with Crippen LogP contribution in [-0.2, 0) is 12.0 Å². The second-order valence-corrected chi connectivity index (χ2v) is 10.7. The quantitative estimate of drug-likeness (QED) is 0.217. The van der Waals surface area contributed by atoms with E-state index in [0.717, 1.165) is 4.47 Å². The molecule has 0 unspecified atom stereocenters. The van der Waals surface area contributed by atoms with Gasteiger partial charge in [-0.15, -0.1) is 0 Å². The Morgan fingerprint density at radius 1 is 1.14 bits per heavy atom. The molecular weight excluding hydrogens is 561 g/mol. The Hall–Kier alpha value is -3.23. The molecule has 192 valence electrons. The first-order valence-electron chi connectivity index (χ1n) is 11.7. The van der Waals surface area contributed by atoms with Gasteiger partial charge in [0.15, 0.2) is 11.5 Å². The zero-order valence-electron chi connectivity index (χ0n) is 20.9. The number of aromatic nitrogens is 2. The van der Waals surface area contributed by atoms with Crippen LogP contribution < -0.4 is 15.0 Å². The molecule has 37 heavy (non-hydrogen) atoms. The monoisotopic (exact) mass is 585 g/mol. The predicted octanol–water partition coefficient (Wildman–Crippen LogP) is 7.11. The first kappa shape index (κ1) is 26.8. The fourth-order valence-corrected chi connectivity index (χ4v) is 4.35. The number of benzene rings is 3. The fourth-order valence-electron chi connectivity index (χ4n) is 3.71. The zero-order chi connectivity index (χ0) is 26.7. The van der Waals surface area contributed by atoms with Gasteiger partial charge in [-0.2, -0.15) is 9.78 Å². The molecule has 0 amide bonds. The van der Waals surface area contributed by atoms with Gasteiger partial charge in [0.25, 0.3) is 5.56 Å². The SMILES string of the molecule is CCOc1cc(C=Nn2c(C(C)(C)C)nc3ccc(Br)cc3c2=O)cc(Cl)c1OCc1cccc(F)c1. The van der Waals surface area contributed by atoms with Gasteiger partial charge in [0.1, 0.15) is 18.2 Å². The lowest BCUT2D eigenvalue weighted by Crippen LogP contribution is -2.29. The molecule has 1 heterocycles. The highest BCUT2D eigenvalue weighted by molar-refractivity contribution is 9.10. The van der Waals surface area contributed by atoms with Crippen LogP contribution in [0.3, 0.4) is 0 Å². The van der Waals surface area contributed by atoms with E-state index in [-0.39, 0.29) is 18.0 Å². The first-order chi connectivity index (χ1) is 17.6. The Labute approximate surface area is 227 Å². The normalized spacial score (nSPS) is 11.9. The van der Waals surface area contributed by atoms with E-state index < -0.39 is 5.41 Å². The first-order valence-corrected chi connectivity index (χ1v) is 12.8. The maximum Gasteiger partial charge on any atom is 0.282 e. The molecule has 0 bridgehead atoms. The van der Waals surface area contributed by atoms with Crippen molar-refractivity contribution in [2.45, 2.75) is 39.7 Å². The van der Waals surface area contributed by atoms with Gasteiger partial charge in [0.05, 0.1) is 28.7 Å². The summed E-state index contributed by atoms with van der Waals surface area (Å²) in [5.74, 6) is 0.936. The van der Waals surface area contributed by atoms with Crippen LogP contribution in [-0.4, -0.2) is 22.5 Å². The van der Waals surface area contributed by atoms with Crippen molar-refractivity contribution in [1.82, 2.24) is 9.66 Å². The van der Waals surface area contributed by atoms with Crippen molar-refractivity contribution in [3.8, 4) is 11.5 Å². The van der Waals surface area contributed by atoms with Crippen LogP contribution in [0.5, 0.6) is 11.5 Å². The Balaban J connectivity index is 1.73. The Bertz CT molecular complexity index is 1550. The average molecular weight is 587 g/mol. The van der Waals surface area contributed by atoms with E-state index in [0.29, 0.717) is 51.0 Å². The van der Waals surface area contributed by atoms with Gasteiger partial charge < -0.3 is 9.47 Å². The summed E-state index contributed by atoms with van der Waals surface area (Å²) in [6.07, 6.45) is 1.53. The standard InChI is InChI=1S/C28H26BrClFN3O3/c1-5-36-24-13-18(12-22(30)25(24)37-16-17-7-6-8-20(31)11-17)15-32-34-26(35)21-14-19(29)9-10-23(21)33-27(34)28(2,3)4/h6-15H,5,16H2,1-4H3. The number of nitrogens with zero attached hydrogens (tertiary/aromatic N) is 3. The summed E-state index contributed by atoms with van der Waals surface area (Å²) in [5.41, 5.74) is 1.14. The molecule has 0 saturated heterocycles. The van der Waals surface area contributed by atoms with E-state index in [4.69, 9.17) is 26.1 Å². The van der Waals surface area contributed by atoms with E-state index in [9.17, 15) is 9.18 Å². The van der Waals surface area contributed by atoms with Crippen molar-refractivity contribution in [3.63, 3.8) is 0 Å². The topological polar surface area (TPSA) is 65.7 Å². The van der Waals surface area contributed by atoms with Gasteiger partial charge in [-0.3, -0.25) is 4.79 Å². The van der Waals surface area contributed by atoms with Crippen LogP contribution in [0.2, 0.25) is 5.02 Å². The van der Waals surface area contributed by atoms with Gasteiger partial charge in [-0.05, 0) is 60.5 Å². The molecule has 0 fully saturated rings. The van der Waals surface area contributed by atoms with E-state index in [1.807, 2.05) is 33.8 Å². The molecule has 6 nitrogen and oxygen atoms in total. The van der Waals surface area contributed by atoms with Crippen molar-refractivity contribution in [1.29, 1.82) is 0 Å². The minimum Gasteiger partial charge on any atom is -0.490 e. The number of halogens is 3. The molecule has 0 atom stereocenters. The van der Waals surface area contributed by atoms with Crippen LogP contribution in [0.25, 0.3) is 10.9 Å². The van der Waals surface area contributed by atoms with Crippen molar-refractivity contribution in [2.75, 3.05) is 6.61 Å². The fraction of sp³-hybridized carbons (Fsp3) is 0.250. The summed E-state index contributed by atoms with van der Waals surface area (Å²) >= 11 is 9.97. The maximum absolute atomic E-state index is 13.5. The third-order valence-electron chi connectivity index (χ3n) is 5.41. The predicted molar refractivity (Wildman–Crippen MR) is 149 cm³/mol. The summed E-state index contributed by atoms with van der Waals surface area (Å²) in [7, 11) is 0. The lowest BCUT2D eigenvalue weighted by atomic mass is 9.95. The van der Waals surface area contributed by atoms with E-state index in [2.05, 4.69) is 21.0 Å². The second-order valence-electron chi connectivity index (χ2n) is 9.39. The number of ether oxygens (including phenoxy) is 2. The summed E-state index contributed by atoms with van der Waals surface area (Å²) in [6.45, 7) is 8.26. The molecule has 0 aliphatic carbocycles. The molecule has 1 aromatic heterocycles. The van der Waals surface area contributed by atoms with E-state index >= 15 is 0 Å². The second kappa shape index (κ2) is 11.0. The number of fused-ring (bicyclic) bond motifs is 1.